The Morgan fingerprint density at radius 3 is 2.52 bits per heavy atom. The molecule has 1 amide bonds. The lowest BCUT2D eigenvalue weighted by Gasteiger charge is -2.32. The number of ether oxygens (including phenoxy) is 1. The summed E-state index contributed by atoms with van der Waals surface area (Å²) in [5.74, 6) is -1.70. The van der Waals surface area contributed by atoms with Gasteiger partial charge in [-0.2, -0.15) is 0 Å². The van der Waals surface area contributed by atoms with Gasteiger partial charge in [-0.15, -0.1) is 0 Å². The number of alkyl carbamates (subject to hydrolysis) is 1. The zero-order valence-electron chi connectivity index (χ0n) is 21.4. The normalized spacial score (nSPS) is 12.0. The maximum atomic E-state index is 15.0. The van der Waals surface area contributed by atoms with E-state index in [0.717, 1.165) is 28.1 Å². The molecule has 0 aliphatic carbocycles. The summed E-state index contributed by atoms with van der Waals surface area (Å²) in [6, 6.07) is 17.6. The van der Waals surface area contributed by atoms with Crippen LogP contribution in [0, 0.1) is 11.6 Å². The SMILES string of the molecule is C[C@H](c1ccccc1CCOC(=O)NCc1cccnc1)N(c1cc(F)ccc1F)S(=O)(=O)c1ccc(Cl)cc1. The fraction of sp³-hybridized carbons (Fsp3) is 0.172. The van der Waals surface area contributed by atoms with Crippen LogP contribution in [0.3, 0.4) is 0 Å². The first-order chi connectivity index (χ1) is 19.2. The Balaban J connectivity index is 1.59. The number of nitrogens with one attached hydrogen (secondary N) is 1. The van der Waals surface area contributed by atoms with Crippen LogP contribution in [-0.2, 0) is 27.7 Å². The van der Waals surface area contributed by atoms with Gasteiger partial charge in [0, 0.05) is 36.4 Å². The van der Waals surface area contributed by atoms with Crippen molar-refractivity contribution in [1.82, 2.24) is 10.3 Å². The van der Waals surface area contributed by atoms with Gasteiger partial charge in [-0.05, 0) is 66.1 Å². The molecule has 4 aromatic rings. The Kier molecular flexibility index (Phi) is 9.34. The summed E-state index contributed by atoms with van der Waals surface area (Å²) in [6.45, 7) is 1.83. The van der Waals surface area contributed by atoms with Gasteiger partial charge in [-0.1, -0.05) is 41.9 Å². The zero-order valence-corrected chi connectivity index (χ0v) is 23.0. The van der Waals surface area contributed by atoms with E-state index < -0.39 is 39.5 Å². The molecule has 1 atom stereocenters. The zero-order chi connectivity index (χ0) is 28.7. The number of benzene rings is 3. The van der Waals surface area contributed by atoms with E-state index in [2.05, 4.69) is 10.3 Å². The van der Waals surface area contributed by atoms with Crippen LogP contribution in [0.25, 0.3) is 0 Å². The summed E-state index contributed by atoms with van der Waals surface area (Å²) in [6.07, 6.45) is 2.89. The van der Waals surface area contributed by atoms with Crippen molar-refractivity contribution < 1.29 is 26.7 Å². The topological polar surface area (TPSA) is 88.6 Å². The molecular weight excluding hydrogens is 560 g/mol. The van der Waals surface area contributed by atoms with Gasteiger partial charge in [-0.3, -0.25) is 9.29 Å². The Bertz CT molecular complexity index is 1570. The van der Waals surface area contributed by atoms with Crippen LogP contribution in [0.15, 0.2) is 96.2 Å². The number of aromatic nitrogens is 1. The standard InChI is InChI=1S/C29H26ClF2N3O4S/c1-20(26-7-3-2-6-22(26)14-16-39-29(36)34-19-21-5-4-15-33-18-21)35(28-17-24(31)10-13-27(28)32)40(37,38)25-11-8-23(30)9-12-25/h2-13,15,17-18,20H,14,16,19H2,1H3,(H,34,36)/t20-/m1/s1. The third kappa shape index (κ3) is 6.94. The van der Waals surface area contributed by atoms with Crippen LogP contribution in [-0.4, -0.2) is 26.1 Å². The molecule has 0 aliphatic rings. The Morgan fingerprint density at radius 1 is 1.05 bits per heavy atom. The van der Waals surface area contributed by atoms with Crippen LogP contribution in [0.5, 0.6) is 0 Å². The quantitative estimate of drug-likeness (QED) is 0.231. The van der Waals surface area contributed by atoms with Crippen LogP contribution in [0.4, 0.5) is 19.3 Å². The first-order valence-corrected chi connectivity index (χ1v) is 14.1. The lowest BCUT2D eigenvalue weighted by molar-refractivity contribution is 0.147. The number of anilines is 1. The molecule has 0 radical (unpaired) electrons. The second-order valence-electron chi connectivity index (χ2n) is 8.83. The fourth-order valence-electron chi connectivity index (χ4n) is 4.20. The number of amides is 1. The van der Waals surface area contributed by atoms with Gasteiger partial charge in [0.25, 0.3) is 10.0 Å². The molecule has 4 rings (SSSR count). The maximum absolute atomic E-state index is 15.0. The minimum absolute atomic E-state index is 0.000860. The van der Waals surface area contributed by atoms with Gasteiger partial charge in [0.2, 0.25) is 0 Å². The molecule has 0 saturated heterocycles. The molecule has 0 saturated carbocycles. The Labute approximate surface area is 236 Å². The first kappa shape index (κ1) is 29.0. The average molecular weight is 586 g/mol. The highest BCUT2D eigenvalue weighted by Crippen LogP contribution is 2.36. The number of carbonyl (C=O) groups excluding carboxylic acids is 1. The molecule has 0 spiro atoms. The van der Waals surface area contributed by atoms with E-state index in [1.165, 1.54) is 24.3 Å². The van der Waals surface area contributed by atoms with Crippen molar-refractivity contribution in [3.05, 3.63) is 125 Å². The van der Waals surface area contributed by atoms with Crippen LogP contribution >= 0.6 is 11.6 Å². The molecule has 40 heavy (non-hydrogen) atoms. The van der Waals surface area contributed by atoms with Crippen molar-refractivity contribution >= 4 is 33.4 Å². The molecule has 0 aliphatic heterocycles. The van der Waals surface area contributed by atoms with Gasteiger partial charge >= 0.3 is 6.09 Å². The minimum Gasteiger partial charge on any atom is -0.449 e. The number of nitrogens with zero attached hydrogens (tertiary/aromatic N) is 2. The van der Waals surface area contributed by atoms with Gasteiger partial charge in [0.1, 0.15) is 11.6 Å². The number of hydrogen-bond donors (Lipinski definition) is 1. The van der Waals surface area contributed by atoms with Crippen LogP contribution in [0.2, 0.25) is 5.02 Å². The Hall–Kier alpha value is -4.02. The van der Waals surface area contributed by atoms with Crippen molar-refractivity contribution in [1.29, 1.82) is 0 Å². The van der Waals surface area contributed by atoms with E-state index in [-0.39, 0.29) is 24.5 Å². The largest absolute Gasteiger partial charge is 0.449 e. The number of hydrogen-bond acceptors (Lipinski definition) is 5. The summed E-state index contributed by atoms with van der Waals surface area (Å²) >= 11 is 5.94. The third-order valence-corrected chi connectivity index (χ3v) is 8.29. The predicted molar refractivity (Wildman–Crippen MR) is 148 cm³/mol. The number of pyridine rings is 1. The summed E-state index contributed by atoms with van der Waals surface area (Å²) < 4.78 is 63.1. The van der Waals surface area contributed by atoms with E-state index in [0.29, 0.717) is 16.1 Å². The van der Waals surface area contributed by atoms with Gasteiger partial charge < -0.3 is 10.1 Å². The molecule has 3 aromatic carbocycles. The summed E-state index contributed by atoms with van der Waals surface area (Å²) in [4.78, 5) is 16.0. The van der Waals surface area contributed by atoms with E-state index in [4.69, 9.17) is 16.3 Å². The van der Waals surface area contributed by atoms with Crippen molar-refractivity contribution in [2.45, 2.75) is 30.8 Å². The molecule has 0 fully saturated rings. The molecule has 0 bridgehead atoms. The molecular formula is C29H26ClF2N3O4S. The second-order valence-corrected chi connectivity index (χ2v) is 11.1. The van der Waals surface area contributed by atoms with Crippen molar-refractivity contribution in [3.8, 4) is 0 Å². The Morgan fingerprint density at radius 2 is 1.80 bits per heavy atom. The van der Waals surface area contributed by atoms with Crippen LogP contribution in [0.1, 0.15) is 29.7 Å². The van der Waals surface area contributed by atoms with E-state index in [1.54, 1.807) is 49.6 Å². The summed E-state index contributed by atoms with van der Waals surface area (Å²) in [5, 5.41) is 2.96. The second kappa shape index (κ2) is 12.9. The van der Waals surface area contributed by atoms with E-state index in [9.17, 15) is 17.6 Å². The summed E-state index contributed by atoms with van der Waals surface area (Å²) in [7, 11) is -4.37. The lowest BCUT2D eigenvalue weighted by atomic mass is 9.99. The van der Waals surface area contributed by atoms with Crippen molar-refractivity contribution in [2.75, 3.05) is 10.9 Å². The summed E-state index contributed by atoms with van der Waals surface area (Å²) in [5.41, 5.74) is 1.57. The number of halogens is 3. The molecule has 7 nitrogen and oxygen atoms in total. The molecule has 1 N–H and O–H groups in total. The van der Waals surface area contributed by atoms with Crippen LogP contribution < -0.4 is 9.62 Å². The monoisotopic (exact) mass is 585 g/mol. The van der Waals surface area contributed by atoms with E-state index >= 15 is 4.39 Å². The maximum Gasteiger partial charge on any atom is 0.407 e. The molecule has 0 unspecified atom stereocenters. The minimum atomic E-state index is -4.37. The highest BCUT2D eigenvalue weighted by atomic mass is 35.5. The average Bonchev–Trinajstić information content (AvgIpc) is 2.95. The van der Waals surface area contributed by atoms with Gasteiger partial charge in [0.15, 0.2) is 0 Å². The highest BCUT2D eigenvalue weighted by Gasteiger charge is 2.33. The molecule has 11 heteroatoms. The third-order valence-electron chi connectivity index (χ3n) is 6.14. The first-order valence-electron chi connectivity index (χ1n) is 12.3. The molecule has 1 aromatic heterocycles. The number of sulfonamides is 1. The van der Waals surface area contributed by atoms with Gasteiger partial charge in [-0.25, -0.2) is 22.0 Å². The number of carbonyl (C=O) groups is 1. The van der Waals surface area contributed by atoms with Gasteiger partial charge in [0.05, 0.1) is 23.2 Å². The molecule has 208 valence electrons. The lowest BCUT2D eigenvalue weighted by Crippen LogP contribution is -2.35. The fourth-order valence-corrected chi connectivity index (χ4v) is 5.96. The molecule has 1 heterocycles. The number of rotatable bonds is 10. The predicted octanol–water partition coefficient (Wildman–Crippen LogP) is 6.44. The smallest absolute Gasteiger partial charge is 0.407 e. The van der Waals surface area contributed by atoms with Crippen molar-refractivity contribution in [2.24, 2.45) is 0 Å². The van der Waals surface area contributed by atoms with E-state index in [1.807, 2.05) is 6.07 Å². The highest BCUT2D eigenvalue weighted by molar-refractivity contribution is 7.92. The van der Waals surface area contributed by atoms with Crippen molar-refractivity contribution in [3.63, 3.8) is 0 Å².